The summed E-state index contributed by atoms with van der Waals surface area (Å²) in [6.07, 6.45) is 0.990. The van der Waals surface area contributed by atoms with E-state index in [1.807, 2.05) is 0 Å². The minimum absolute atomic E-state index is 0.289. The van der Waals surface area contributed by atoms with E-state index in [-0.39, 0.29) is 12.2 Å². The molecule has 98 valence electrons. The molecule has 0 amide bonds. The number of carboxylic acid groups (broad SMARTS) is 1. The molecule has 0 radical (unpaired) electrons. The molecule has 0 saturated carbocycles. The molecular weight excluding hydrogens is 239 g/mol. The van der Waals surface area contributed by atoms with Crippen molar-refractivity contribution in [3.05, 3.63) is 35.1 Å². The number of halogens is 1. The average molecular weight is 254 g/mol. The van der Waals surface area contributed by atoms with E-state index >= 15 is 0 Å². The highest BCUT2D eigenvalue weighted by Gasteiger charge is 2.16. The van der Waals surface area contributed by atoms with E-state index in [4.69, 9.17) is 14.6 Å². The fraction of sp³-hybridized carbons (Fsp3) is 0.462. The molecule has 4 nitrogen and oxygen atoms in total. The summed E-state index contributed by atoms with van der Waals surface area (Å²) >= 11 is 0. The Balaban J connectivity index is 1.88. The molecule has 1 aliphatic heterocycles. The molecule has 1 heterocycles. The maximum absolute atomic E-state index is 13.2. The van der Waals surface area contributed by atoms with Crippen LogP contribution in [0, 0.1) is 11.7 Å². The minimum Gasteiger partial charge on any atom is -0.478 e. The largest absolute Gasteiger partial charge is 0.478 e. The van der Waals surface area contributed by atoms with Gasteiger partial charge in [0.05, 0.1) is 25.4 Å². The lowest BCUT2D eigenvalue weighted by Crippen LogP contribution is -2.09. The zero-order chi connectivity index (χ0) is 13.0. The fourth-order valence-electron chi connectivity index (χ4n) is 1.88. The summed E-state index contributed by atoms with van der Waals surface area (Å²) in [5.41, 5.74) is 0.341. The van der Waals surface area contributed by atoms with Crippen molar-refractivity contribution in [1.29, 1.82) is 0 Å². The van der Waals surface area contributed by atoms with E-state index in [1.165, 1.54) is 12.1 Å². The highest BCUT2D eigenvalue weighted by Crippen LogP contribution is 2.15. The van der Waals surface area contributed by atoms with Crippen molar-refractivity contribution in [3.63, 3.8) is 0 Å². The average Bonchev–Trinajstić information content (AvgIpc) is 2.84. The summed E-state index contributed by atoms with van der Waals surface area (Å²) in [4.78, 5) is 10.8. The van der Waals surface area contributed by atoms with E-state index < -0.39 is 11.8 Å². The molecule has 5 heteroatoms. The van der Waals surface area contributed by atoms with Gasteiger partial charge in [-0.15, -0.1) is 0 Å². The van der Waals surface area contributed by atoms with Crippen molar-refractivity contribution in [1.82, 2.24) is 0 Å². The predicted octanol–water partition coefficient (Wildman–Crippen LogP) is 2.08. The first-order chi connectivity index (χ1) is 8.66. The highest BCUT2D eigenvalue weighted by atomic mass is 19.1. The Morgan fingerprint density at radius 2 is 2.39 bits per heavy atom. The third kappa shape index (κ3) is 3.27. The normalized spacial score (nSPS) is 19.1. The molecule has 0 aliphatic carbocycles. The molecule has 1 atom stereocenters. The molecule has 2 rings (SSSR count). The molecule has 1 saturated heterocycles. The molecule has 1 aliphatic rings. The molecular formula is C13H15FO4. The molecule has 1 aromatic rings. The summed E-state index contributed by atoms with van der Waals surface area (Å²) in [6.45, 7) is 2.36. The van der Waals surface area contributed by atoms with E-state index in [1.54, 1.807) is 0 Å². The maximum atomic E-state index is 13.2. The second-order valence-corrected chi connectivity index (χ2v) is 4.36. The lowest BCUT2D eigenvalue weighted by Gasteiger charge is -2.09. The van der Waals surface area contributed by atoms with Crippen LogP contribution in [-0.2, 0) is 16.1 Å². The Morgan fingerprint density at radius 3 is 3.06 bits per heavy atom. The van der Waals surface area contributed by atoms with Gasteiger partial charge in [0, 0.05) is 12.5 Å². The van der Waals surface area contributed by atoms with Gasteiger partial charge in [0.1, 0.15) is 5.82 Å². The van der Waals surface area contributed by atoms with Crippen LogP contribution in [0.15, 0.2) is 18.2 Å². The number of hydrogen-bond acceptors (Lipinski definition) is 3. The number of hydrogen-bond donors (Lipinski definition) is 1. The predicted molar refractivity (Wildman–Crippen MR) is 61.9 cm³/mol. The fourth-order valence-corrected chi connectivity index (χ4v) is 1.88. The van der Waals surface area contributed by atoms with Gasteiger partial charge in [-0.2, -0.15) is 0 Å². The van der Waals surface area contributed by atoms with Crippen LogP contribution in [0.5, 0.6) is 0 Å². The van der Waals surface area contributed by atoms with Crippen LogP contribution in [0.4, 0.5) is 4.39 Å². The number of carboxylic acids is 1. The van der Waals surface area contributed by atoms with Crippen LogP contribution in [-0.4, -0.2) is 30.9 Å². The first-order valence-corrected chi connectivity index (χ1v) is 5.84. The summed E-state index contributed by atoms with van der Waals surface area (Å²) in [6, 6.07) is 4.00. The first kappa shape index (κ1) is 13.0. The molecule has 1 fully saturated rings. The van der Waals surface area contributed by atoms with Gasteiger partial charge in [0.2, 0.25) is 0 Å². The summed E-state index contributed by atoms with van der Waals surface area (Å²) in [7, 11) is 0. The molecule has 0 aromatic heterocycles. The Morgan fingerprint density at radius 1 is 1.56 bits per heavy atom. The lowest BCUT2D eigenvalue weighted by molar-refractivity contribution is 0.0689. The second-order valence-electron chi connectivity index (χ2n) is 4.36. The van der Waals surface area contributed by atoms with Crippen LogP contribution in [0.25, 0.3) is 0 Å². The topological polar surface area (TPSA) is 55.8 Å². The van der Waals surface area contributed by atoms with E-state index in [9.17, 15) is 9.18 Å². The van der Waals surface area contributed by atoms with Gasteiger partial charge < -0.3 is 14.6 Å². The van der Waals surface area contributed by atoms with Crippen LogP contribution >= 0.6 is 0 Å². The third-order valence-electron chi connectivity index (χ3n) is 2.91. The summed E-state index contributed by atoms with van der Waals surface area (Å²) in [5, 5.41) is 8.79. The van der Waals surface area contributed by atoms with Crippen LogP contribution in [0.3, 0.4) is 0 Å². The van der Waals surface area contributed by atoms with Crippen LogP contribution in [0.1, 0.15) is 22.3 Å². The van der Waals surface area contributed by atoms with Gasteiger partial charge >= 0.3 is 5.97 Å². The minimum atomic E-state index is -1.27. The standard InChI is InChI=1S/C13H15FO4/c14-12-2-1-9(5-11(12)13(15)16)6-18-8-10-3-4-17-7-10/h1-2,5,10H,3-4,6-8H2,(H,15,16). The van der Waals surface area contributed by atoms with E-state index in [2.05, 4.69) is 0 Å². The monoisotopic (exact) mass is 254 g/mol. The SMILES string of the molecule is O=C(O)c1cc(COCC2CCOC2)ccc1F. The van der Waals surface area contributed by atoms with Gasteiger partial charge in [-0.1, -0.05) is 6.07 Å². The van der Waals surface area contributed by atoms with Crippen molar-refractivity contribution in [2.45, 2.75) is 13.0 Å². The number of ether oxygens (including phenoxy) is 2. The lowest BCUT2D eigenvalue weighted by atomic mass is 10.1. The Kier molecular flexibility index (Phi) is 4.28. The Hall–Kier alpha value is -1.46. The van der Waals surface area contributed by atoms with Crippen molar-refractivity contribution in [2.75, 3.05) is 19.8 Å². The van der Waals surface area contributed by atoms with Gasteiger partial charge in [-0.05, 0) is 24.1 Å². The highest BCUT2D eigenvalue weighted by molar-refractivity contribution is 5.88. The quantitative estimate of drug-likeness (QED) is 0.874. The zero-order valence-electron chi connectivity index (χ0n) is 9.89. The Labute approximate surface area is 104 Å². The molecule has 1 N–H and O–H groups in total. The number of aromatic carboxylic acids is 1. The number of rotatable bonds is 5. The van der Waals surface area contributed by atoms with Crippen LogP contribution < -0.4 is 0 Å². The summed E-state index contributed by atoms with van der Waals surface area (Å²) in [5.74, 6) is -1.58. The molecule has 1 aromatic carbocycles. The van der Waals surface area contributed by atoms with Gasteiger partial charge in [0.15, 0.2) is 0 Å². The van der Waals surface area contributed by atoms with Gasteiger partial charge in [-0.3, -0.25) is 0 Å². The van der Waals surface area contributed by atoms with E-state index in [0.717, 1.165) is 19.1 Å². The first-order valence-electron chi connectivity index (χ1n) is 5.84. The number of benzene rings is 1. The smallest absolute Gasteiger partial charge is 0.338 e. The van der Waals surface area contributed by atoms with E-state index in [0.29, 0.717) is 24.7 Å². The van der Waals surface area contributed by atoms with Crippen molar-refractivity contribution in [2.24, 2.45) is 5.92 Å². The maximum Gasteiger partial charge on any atom is 0.338 e. The molecule has 1 unspecified atom stereocenters. The molecule has 0 spiro atoms. The third-order valence-corrected chi connectivity index (χ3v) is 2.91. The van der Waals surface area contributed by atoms with Crippen molar-refractivity contribution < 1.29 is 23.8 Å². The van der Waals surface area contributed by atoms with Crippen LogP contribution in [0.2, 0.25) is 0 Å². The van der Waals surface area contributed by atoms with Crippen molar-refractivity contribution in [3.8, 4) is 0 Å². The molecule has 0 bridgehead atoms. The van der Waals surface area contributed by atoms with Crippen molar-refractivity contribution >= 4 is 5.97 Å². The molecule has 18 heavy (non-hydrogen) atoms. The Bertz CT molecular complexity index is 427. The zero-order valence-corrected chi connectivity index (χ0v) is 9.89. The van der Waals surface area contributed by atoms with Gasteiger partial charge in [0.25, 0.3) is 0 Å². The summed E-state index contributed by atoms with van der Waals surface area (Å²) < 4.78 is 23.9. The second kappa shape index (κ2) is 5.93. The van der Waals surface area contributed by atoms with Gasteiger partial charge in [-0.25, -0.2) is 9.18 Å². The number of carbonyl (C=O) groups is 1.